The zero-order valence-electron chi connectivity index (χ0n) is 14.3. The third-order valence-corrected chi connectivity index (χ3v) is 6.20. The van der Waals surface area contributed by atoms with Gasteiger partial charge in [0, 0.05) is 11.6 Å². The van der Waals surface area contributed by atoms with Crippen LogP contribution in [0, 0.1) is 5.82 Å². The molecule has 0 bridgehead atoms. The smallest absolute Gasteiger partial charge is 0.278 e. The van der Waals surface area contributed by atoms with Crippen molar-refractivity contribution in [1.29, 1.82) is 0 Å². The number of fused-ring (bicyclic) bond motifs is 1. The molecule has 0 radical (unpaired) electrons. The van der Waals surface area contributed by atoms with E-state index in [2.05, 4.69) is 14.8 Å². The van der Waals surface area contributed by atoms with E-state index in [1.165, 1.54) is 40.1 Å². The molecule has 3 rings (SSSR count). The number of aromatic nitrogens is 3. The lowest BCUT2D eigenvalue weighted by atomic mass is 10.2. The summed E-state index contributed by atoms with van der Waals surface area (Å²) in [5, 5.41) is 5.28. The maximum Gasteiger partial charge on any atom is 0.281 e. The predicted octanol–water partition coefficient (Wildman–Crippen LogP) is 3.98. The van der Waals surface area contributed by atoms with Crippen LogP contribution in [0.4, 0.5) is 10.1 Å². The molecule has 1 aromatic carbocycles. The molecule has 3 aromatic rings. The quantitative estimate of drug-likeness (QED) is 0.724. The molecule has 0 amide bonds. The normalized spacial score (nSPS) is 12.4. The first-order chi connectivity index (χ1) is 11.7. The van der Waals surface area contributed by atoms with Crippen molar-refractivity contribution in [3.63, 3.8) is 0 Å². The Labute approximate surface area is 149 Å². The monoisotopic (exact) mass is 382 g/mol. The van der Waals surface area contributed by atoms with Gasteiger partial charge in [-0.2, -0.15) is 18.0 Å². The van der Waals surface area contributed by atoms with Crippen LogP contribution < -0.4 is 4.72 Å². The van der Waals surface area contributed by atoms with Crippen molar-refractivity contribution in [2.24, 2.45) is 0 Å². The first-order valence-corrected chi connectivity index (χ1v) is 10.2. The molecule has 0 saturated carbocycles. The average Bonchev–Trinajstić information content (AvgIpc) is 3.06. The zero-order chi connectivity index (χ0) is 18.4. The Morgan fingerprint density at radius 1 is 1.12 bits per heavy atom. The number of rotatable bonds is 5. The second kappa shape index (κ2) is 6.38. The highest BCUT2D eigenvalue weighted by Crippen LogP contribution is 2.30. The fourth-order valence-corrected chi connectivity index (χ4v) is 4.76. The molecule has 9 heteroatoms. The number of benzene rings is 1. The highest BCUT2D eigenvalue weighted by Gasteiger charge is 2.29. The van der Waals surface area contributed by atoms with Crippen LogP contribution in [0.25, 0.3) is 4.96 Å². The Hall–Kier alpha value is -2.00. The third kappa shape index (κ3) is 3.38. The molecule has 0 atom stereocenters. The second-order valence-electron chi connectivity index (χ2n) is 6.36. The Morgan fingerprint density at radius 2 is 1.76 bits per heavy atom. The molecule has 0 aliphatic heterocycles. The topological polar surface area (TPSA) is 76.4 Å². The van der Waals surface area contributed by atoms with Gasteiger partial charge in [-0.15, -0.1) is 0 Å². The molecule has 0 aliphatic carbocycles. The SMILES string of the molecule is CC(C)c1nn2c(S(=O)(=O)Nc3ccc(F)cc3)c(C(C)C)nc2s1. The van der Waals surface area contributed by atoms with E-state index in [9.17, 15) is 12.8 Å². The summed E-state index contributed by atoms with van der Waals surface area (Å²) < 4.78 is 42.9. The largest absolute Gasteiger partial charge is 0.281 e. The van der Waals surface area contributed by atoms with Crippen LogP contribution >= 0.6 is 11.3 Å². The first-order valence-electron chi connectivity index (χ1n) is 7.86. The molecule has 0 aliphatic rings. The number of sulfonamides is 1. The molecule has 0 saturated heterocycles. The van der Waals surface area contributed by atoms with Crippen molar-refractivity contribution in [1.82, 2.24) is 14.6 Å². The summed E-state index contributed by atoms with van der Waals surface area (Å²) in [6, 6.07) is 5.15. The van der Waals surface area contributed by atoms with Gasteiger partial charge in [0.05, 0.1) is 5.69 Å². The van der Waals surface area contributed by atoms with Gasteiger partial charge in [-0.25, -0.2) is 9.37 Å². The van der Waals surface area contributed by atoms with Gasteiger partial charge in [0.15, 0.2) is 0 Å². The Kier molecular flexibility index (Phi) is 4.54. The lowest BCUT2D eigenvalue weighted by Crippen LogP contribution is -2.18. The van der Waals surface area contributed by atoms with E-state index in [1.54, 1.807) is 0 Å². The summed E-state index contributed by atoms with van der Waals surface area (Å²) in [6.07, 6.45) is 0. The predicted molar refractivity (Wildman–Crippen MR) is 96.3 cm³/mol. The summed E-state index contributed by atoms with van der Waals surface area (Å²) in [7, 11) is -3.93. The minimum atomic E-state index is -3.93. The summed E-state index contributed by atoms with van der Waals surface area (Å²) in [4.78, 5) is 5.03. The first kappa shape index (κ1) is 17.8. The number of imidazole rings is 1. The molecule has 25 heavy (non-hydrogen) atoms. The Balaban J connectivity index is 2.13. The van der Waals surface area contributed by atoms with Gasteiger partial charge < -0.3 is 0 Å². The molecule has 0 fully saturated rings. The Morgan fingerprint density at radius 3 is 2.32 bits per heavy atom. The van der Waals surface area contributed by atoms with Crippen molar-refractivity contribution in [3.05, 3.63) is 40.8 Å². The van der Waals surface area contributed by atoms with Crippen LogP contribution in [0.15, 0.2) is 29.3 Å². The van der Waals surface area contributed by atoms with Gasteiger partial charge >= 0.3 is 0 Å². The lowest BCUT2D eigenvalue weighted by molar-refractivity contribution is 0.588. The van der Waals surface area contributed by atoms with Gasteiger partial charge in [-0.1, -0.05) is 39.0 Å². The van der Waals surface area contributed by atoms with E-state index in [4.69, 9.17) is 0 Å². The maximum atomic E-state index is 13.0. The second-order valence-corrected chi connectivity index (χ2v) is 8.94. The van der Waals surface area contributed by atoms with Gasteiger partial charge in [-0.3, -0.25) is 4.72 Å². The lowest BCUT2D eigenvalue weighted by Gasteiger charge is -2.10. The summed E-state index contributed by atoms with van der Waals surface area (Å²) in [5.41, 5.74) is 0.744. The van der Waals surface area contributed by atoms with Crippen molar-refractivity contribution in [2.75, 3.05) is 4.72 Å². The zero-order valence-corrected chi connectivity index (χ0v) is 15.9. The maximum absolute atomic E-state index is 13.0. The number of halogens is 1. The van der Waals surface area contributed by atoms with Gasteiger partial charge in [0.25, 0.3) is 10.0 Å². The van der Waals surface area contributed by atoms with E-state index in [0.717, 1.165) is 5.01 Å². The molecule has 1 N–H and O–H groups in total. The van der Waals surface area contributed by atoms with Crippen LogP contribution in [0.2, 0.25) is 0 Å². The molecule has 0 spiro atoms. The highest BCUT2D eigenvalue weighted by atomic mass is 32.2. The van der Waals surface area contributed by atoms with E-state index in [0.29, 0.717) is 10.7 Å². The van der Waals surface area contributed by atoms with Gasteiger partial charge in [0.1, 0.15) is 10.8 Å². The fraction of sp³-hybridized carbons (Fsp3) is 0.375. The van der Waals surface area contributed by atoms with E-state index in [-0.39, 0.29) is 22.5 Å². The number of hydrogen-bond acceptors (Lipinski definition) is 5. The molecular formula is C16H19FN4O2S2. The van der Waals surface area contributed by atoms with Crippen LogP contribution in [-0.2, 0) is 10.0 Å². The van der Waals surface area contributed by atoms with Crippen molar-refractivity contribution >= 4 is 32.0 Å². The number of anilines is 1. The molecule has 2 heterocycles. The summed E-state index contributed by atoms with van der Waals surface area (Å²) >= 11 is 1.38. The van der Waals surface area contributed by atoms with Crippen molar-refractivity contribution < 1.29 is 12.8 Å². The average molecular weight is 382 g/mol. The summed E-state index contributed by atoms with van der Waals surface area (Å²) in [6.45, 7) is 7.75. The van der Waals surface area contributed by atoms with Gasteiger partial charge in [0.2, 0.25) is 9.99 Å². The van der Waals surface area contributed by atoms with Crippen LogP contribution in [0.5, 0.6) is 0 Å². The molecule has 2 aromatic heterocycles. The van der Waals surface area contributed by atoms with E-state index >= 15 is 0 Å². The number of nitrogens with zero attached hydrogens (tertiary/aromatic N) is 3. The van der Waals surface area contributed by atoms with Crippen LogP contribution in [0.1, 0.15) is 50.2 Å². The van der Waals surface area contributed by atoms with Gasteiger partial charge in [-0.05, 0) is 30.2 Å². The van der Waals surface area contributed by atoms with Crippen LogP contribution in [-0.4, -0.2) is 23.0 Å². The van der Waals surface area contributed by atoms with Crippen LogP contribution in [0.3, 0.4) is 0 Å². The van der Waals surface area contributed by atoms with E-state index < -0.39 is 15.8 Å². The van der Waals surface area contributed by atoms with Crippen molar-refractivity contribution in [2.45, 2.75) is 44.6 Å². The minimum Gasteiger partial charge on any atom is -0.278 e. The molecule has 6 nitrogen and oxygen atoms in total. The molecular weight excluding hydrogens is 363 g/mol. The Bertz CT molecular complexity index is 1000. The molecule has 134 valence electrons. The minimum absolute atomic E-state index is 0.0324. The molecule has 0 unspecified atom stereocenters. The summed E-state index contributed by atoms with van der Waals surface area (Å²) in [5.74, 6) is -0.343. The number of hydrogen-bond donors (Lipinski definition) is 1. The number of nitrogens with one attached hydrogen (secondary N) is 1. The third-order valence-electron chi connectivity index (χ3n) is 3.59. The highest BCUT2D eigenvalue weighted by molar-refractivity contribution is 7.92. The fourth-order valence-electron chi connectivity index (χ4n) is 2.34. The van der Waals surface area contributed by atoms with Crippen molar-refractivity contribution in [3.8, 4) is 0 Å². The van der Waals surface area contributed by atoms with E-state index in [1.807, 2.05) is 27.7 Å². The standard InChI is InChI=1S/C16H19FN4O2S2/c1-9(2)13-15(21-16(18-13)24-14(19-21)10(3)4)25(22,23)20-12-7-5-11(17)6-8-12/h5-10,20H,1-4H3.